The van der Waals surface area contributed by atoms with E-state index in [1.165, 1.54) is 33.6 Å². The molecule has 0 bridgehead atoms. The SMILES string of the molecule is C=C(C)C(=O)OCC(=O)OC(C)(C)c1ccccc1.C=C(C)C(=O)OCC(=O)OC1(C)CCCCC1.C=C(C)C(=O)OCC(=O)OC1(CC)CCCC1.C=C(C)C(=O)OCCOC(=O)OC1(CC)CCCC1.C=CC(=O)OCC(=O)OC1(C)CCCCC1.C=CC(=O)OCC(=O)OC1(CC)CCCC1. The average molecular weight is 1470 g/mol. The minimum Gasteiger partial charge on any atom is -0.459 e. The highest BCUT2D eigenvalue weighted by Crippen LogP contribution is 2.39. The molecule has 0 radical (unpaired) electrons. The van der Waals surface area contributed by atoms with Crippen LogP contribution in [0, 0.1) is 0 Å². The number of hydrogen-bond donors (Lipinski definition) is 0. The van der Waals surface area contributed by atoms with E-state index >= 15 is 0 Å². The quantitative estimate of drug-likeness (QED) is 0.0311. The average Bonchev–Trinajstić information content (AvgIpc) is 1.24. The van der Waals surface area contributed by atoms with Crippen LogP contribution in [0.25, 0.3) is 0 Å². The molecule has 0 aromatic heterocycles. The highest BCUT2D eigenvalue weighted by Gasteiger charge is 2.39. The van der Waals surface area contributed by atoms with Crippen molar-refractivity contribution in [2.45, 2.75) is 270 Å². The highest BCUT2D eigenvalue weighted by molar-refractivity contribution is 5.90. The summed E-state index contributed by atoms with van der Waals surface area (Å²) in [6, 6.07) is 9.36. The van der Waals surface area contributed by atoms with Crippen molar-refractivity contribution in [1.29, 1.82) is 0 Å². The Morgan fingerprint density at radius 3 is 0.971 bits per heavy atom. The smallest absolute Gasteiger partial charge is 0.459 e. The predicted octanol–water partition coefficient (Wildman–Crippen LogP) is 14.3. The molecule has 5 aliphatic carbocycles. The molecular formula is C79H116O25. The Kier molecular flexibility index (Phi) is 43.1. The van der Waals surface area contributed by atoms with Crippen LogP contribution < -0.4 is 0 Å². The van der Waals surface area contributed by atoms with Crippen molar-refractivity contribution >= 4 is 71.8 Å². The summed E-state index contributed by atoms with van der Waals surface area (Å²) in [4.78, 5) is 135. The molecule has 1 aromatic rings. The van der Waals surface area contributed by atoms with Gasteiger partial charge in [-0.25, -0.2) is 57.5 Å². The lowest BCUT2D eigenvalue weighted by Gasteiger charge is -2.33. The van der Waals surface area contributed by atoms with Crippen molar-refractivity contribution in [3.63, 3.8) is 0 Å². The van der Waals surface area contributed by atoms with Crippen LogP contribution in [0.1, 0.15) is 242 Å². The van der Waals surface area contributed by atoms with E-state index in [2.05, 4.69) is 48.9 Å². The van der Waals surface area contributed by atoms with E-state index in [0.29, 0.717) is 5.57 Å². The van der Waals surface area contributed by atoms with Crippen LogP contribution in [0.4, 0.5) is 4.79 Å². The molecule has 0 saturated heterocycles. The van der Waals surface area contributed by atoms with Crippen LogP contribution in [-0.4, -0.2) is 146 Å². The monoisotopic (exact) mass is 1460 g/mol. The first-order valence-electron chi connectivity index (χ1n) is 35.8. The molecule has 1 aromatic carbocycles. The summed E-state index contributed by atoms with van der Waals surface area (Å²) in [6.45, 7) is 38.1. The Labute approximate surface area is 614 Å². The van der Waals surface area contributed by atoms with Crippen molar-refractivity contribution in [1.82, 2.24) is 0 Å². The van der Waals surface area contributed by atoms with E-state index in [4.69, 9.17) is 52.1 Å². The summed E-state index contributed by atoms with van der Waals surface area (Å²) in [5.74, 6) is -5.92. The topological polar surface area (TPSA) is 325 Å². The molecule has 0 atom stereocenters. The molecule has 25 heteroatoms. The van der Waals surface area contributed by atoms with E-state index in [-0.39, 0.29) is 84.4 Å². The standard InChI is InChI=1S/C15H18O4.C14H22O5.2C13H20O4.2C12H18O4/c1-11(2)14(17)18-10-13(16)19-15(3,4)12-8-6-5-7-9-12;1-4-14(7-5-6-8-14)19-13(16)18-10-9-17-12(15)11(2)3;1-10(2)12(15)16-9-11(14)17-13(3)7-5-4-6-8-13;1-4-13(7-5-6-8-13)17-11(14)9-16-12(15)10(2)3;1-3-10(13)15-9-11(14)16-12(2)7-5-4-6-8-12;1-3-10(13)15-9-11(14)16-12(4-2)7-5-6-8-12/h5-9H,1,10H2,2-4H3;2,4-10H2,1,3H3;1,4-9H2,2-3H3;2,4-9H2,1,3H3;2*3H,1,4-9H2,2H3. The van der Waals surface area contributed by atoms with Gasteiger partial charge in [-0.2, -0.15) is 0 Å². The lowest BCUT2D eigenvalue weighted by atomic mass is 9.86. The minimum atomic E-state index is -0.770. The molecule has 104 heavy (non-hydrogen) atoms. The Hall–Kier alpha value is -8.90. The molecule has 0 aliphatic heterocycles. The van der Waals surface area contributed by atoms with E-state index < -0.39 is 84.0 Å². The lowest BCUT2D eigenvalue weighted by molar-refractivity contribution is -0.170. The molecule has 0 N–H and O–H groups in total. The Morgan fingerprint density at radius 1 is 0.375 bits per heavy atom. The van der Waals surface area contributed by atoms with Crippen molar-refractivity contribution in [3.05, 3.63) is 110 Å². The van der Waals surface area contributed by atoms with Crippen molar-refractivity contribution in [2.75, 3.05) is 46.2 Å². The summed E-state index contributed by atoms with van der Waals surface area (Å²) in [5.41, 5.74) is -0.543. The third-order valence-electron chi connectivity index (χ3n) is 17.7. The van der Waals surface area contributed by atoms with Gasteiger partial charge in [0.2, 0.25) is 0 Å². The van der Waals surface area contributed by atoms with E-state index in [9.17, 15) is 57.5 Å². The van der Waals surface area contributed by atoms with Crippen molar-refractivity contribution in [2.24, 2.45) is 0 Å². The summed E-state index contributed by atoms with van der Waals surface area (Å²) in [6.07, 6.45) is 26.0. The molecule has 5 aliphatic rings. The van der Waals surface area contributed by atoms with Crippen LogP contribution in [0.2, 0.25) is 0 Å². The van der Waals surface area contributed by atoms with Gasteiger partial charge in [0.25, 0.3) is 0 Å². The Bertz CT molecular complexity index is 3030. The Morgan fingerprint density at radius 2 is 0.654 bits per heavy atom. The van der Waals surface area contributed by atoms with Gasteiger partial charge in [-0.05, 0) is 209 Å². The Balaban J connectivity index is 0.000000625. The maximum absolute atomic E-state index is 11.6. The van der Waals surface area contributed by atoms with E-state index in [1.807, 2.05) is 65.0 Å². The highest BCUT2D eigenvalue weighted by atomic mass is 16.7. The van der Waals surface area contributed by atoms with Crippen molar-refractivity contribution < 1.29 is 119 Å². The zero-order valence-electron chi connectivity index (χ0n) is 63.6. The summed E-state index contributed by atoms with van der Waals surface area (Å²) < 4.78 is 65.4. The number of benzene rings is 1. The normalized spacial score (nSPS) is 16.5. The van der Waals surface area contributed by atoms with Crippen molar-refractivity contribution in [3.8, 4) is 0 Å². The number of hydrogen-bond acceptors (Lipinski definition) is 25. The second kappa shape index (κ2) is 48.2. The molecule has 0 spiro atoms. The van der Waals surface area contributed by atoms with Gasteiger partial charge in [0.05, 0.1) is 0 Å². The molecule has 0 amide bonds. The van der Waals surface area contributed by atoms with Gasteiger partial charge in [0.15, 0.2) is 33.0 Å². The van der Waals surface area contributed by atoms with Crippen LogP contribution in [-0.2, 0) is 120 Å². The number of carbonyl (C=O) groups is 12. The molecule has 5 saturated carbocycles. The first kappa shape index (κ1) is 93.1. The van der Waals surface area contributed by atoms with Gasteiger partial charge in [-0.3, -0.25) is 0 Å². The number of esters is 11. The lowest BCUT2D eigenvalue weighted by Crippen LogP contribution is -2.35. The van der Waals surface area contributed by atoms with Gasteiger partial charge in [0, 0.05) is 34.4 Å². The first-order valence-corrected chi connectivity index (χ1v) is 35.8. The van der Waals surface area contributed by atoms with Gasteiger partial charge in [0.1, 0.15) is 46.8 Å². The molecule has 6 rings (SSSR count). The van der Waals surface area contributed by atoms with Crippen LogP contribution in [0.5, 0.6) is 0 Å². The fraction of sp³-hybridized carbons (Fsp3) is 0.620. The molecule has 582 valence electrons. The zero-order valence-corrected chi connectivity index (χ0v) is 63.6. The summed E-state index contributed by atoms with van der Waals surface area (Å²) in [5, 5.41) is 0. The number of rotatable bonds is 29. The predicted molar refractivity (Wildman–Crippen MR) is 385 cm³/mol. The van der Waals surface area contributed by atoms with Crippen LogP contribution in [0.3, 0.4) is 0 Å². The molecular weight excluding hydrogens is 1350 g/mol. The minimum absolute atomic E-state index is 0.00233. The molecule has 25 nitrogen and oxygen atoms in total. The second-order valence-electron chi connectivity index (χ2n) is 27.3. The van der Waals surface area contributed by atoms with E-state index in [0.717, 1.165) is 165 Å². The maximum atomic E-state index is 11.6. The van der Waals surface area contributed by atoms with Crippen LogP contribution in [0.15, 0.2) is 104 Å². The van der Waals surface area contributed by atoms with Gasteiger partial charge in [-0.1, -0.05) is 103 Å². The van der Waals surface area contributed by atoms with Gasteiger partial charge in [-0.15, -0.1) is 0 Å². The van der Waals surface area contributed by atoms with E-state index in [1.54, 1.807) is 20.8 Å². The number of carbonyl (C=O) groups excluding carboxylic acids is 12. The first-order chi connectivity index (χ1) is 48.9. The molecule has 5 fully saturated rings. The van der Waals surface area contributed by atoms with Gasteiger partial charge >= 0.3 is 71.8 Å². The third-order valence-corrected chi connectivity index (χ3v) is 17.7. The second-order valence-corrected chi connectivity index (χ2v) is 27.3. The van der Waals surface area contributed by atoms with Crippen LogP contribution >= 0.6 is 0 Å². The summed E-state index contributed by atoms with van der Waals surface area (Å²) >= 11 is 0. The fourth-order valence-corrected chi connectivity index (χ4v) is 11.5. The fourth-order valence-electron chi connectivity index (χ4n) is 11.5. The number of ether oxygens (including phenoxy) is 13. The third kappa shape index (κ3) is 38.6. The van der Waals surface area contributed by atoms with Gasteiger partial charge < -0.3 is 61.6 Å². The molecule has 0 heterocycles. The zero-order chi connectivity index (χ0) is 78.6. The maximum Gasteiger partial charge on any atom is 0.508 e. The largest absolute Gasteiger partial charge is 0.508 e. The molecule has 0 unspecified atom stereocenters. The summed E-state index contributed by atoms with van der Waals surface area (Å²) in [7, 11) is 0.